The van der Waals surface area contributed by atoms with Crippen molar-refractivity contribution in [2.75, 3.05) is 11.5 Å². The first-order chi connectivity index (χ1) is 8.46. The Morgan fingerprint density at radius 1 is 1.00 bits per heavy atom. The molecular weight excluding hydrogens is 312 g/mol. The van der Waals surface area contributed by atoms with Crippen LogP contribution in [0.1, 0.15) is 19.8 Å². The molecule has 0 aliphatic rings. The molecule has 0 aliphatic heterocycles. The Labute approximate surface area is 129 Å². The molecule has 0 saturated carbocycles. The summed E-state index contributed by atoms with van der Waals surface area (Å²) in [6.45, 7) is 1.89. The topological polar surface area (TPSA) is 52.6 Å². The minimum atomic E-state index is -0.904. The third-order valence-electron chi connectivity index (χ3n) is 1.91. The van der Waals surface area contributed by atoms with Crippen molar-refractivity contribution in [3.63, 3.8) is 0 Å². The normalized spacial score (nSPS) is 15.6. The van der Waals surface area contributed by atoms with E-state index in [1.54, 1.807) is 0 Å². The van der Waals surface area contributed by atoms with Crippen molar-refractivity contribution in [3.8, 4) is 0 Å². The zero-order chi connectivity index (χ0) is 14.1. The maximum atomic E-state index is 11.5. The van der Waals surface area contributed by atoms with Crippen LogP contribution >= 0.6 is 50.5 Å². The summed E-state index contributed by atoms with van der Waals surface area (Å²) < 4.78 is 10.1. The number of esters is 2. The van der Waals surface area contributed by atoms with Gasteiger partial charge in [0.2, 0.25) is 6.29 Å². The molecule has 0 bridgehead atoms. The van der Waals surface area contributed by atoms with Crippen LogP contribution in [0.2, 0.25) is 0 Å². The van der Waals surface area contributed by atoms with E-state index >= 15 is 0 Å². The first-order valence-electron chi connectivity index (χ1n) is 5.45. The summed E-state index contributed by atoms with van der Waals surface area (Å²) in [6.07, 6.45) is 0.234. The Kier molecular flexibility index (Phi) is 10.4. The number of hydrogen-bond acceptors (Lipinski definition) is 8. The van der Waals surface area contributed by atoms with Crippen LogP contribution in [0.15, 0.2) is 0 Å². The van der Waals surface area contributed by atoms with Crippen molar-refractivity contribution < 1.29 is 19.1 Å². The van der Waals surface area contributed by atoms with Gasteiger partial charge >= 0.3 is 11.9 Å². The fraction of sp³-hybridized carbons (Fsp3) is 0.800. The van der Waals surface area contributed by atoms with E-state index in [0.717, 1.165) is 0 Å². The first-order valence-corrected chi connectivity index (χ1v) is 7.74. The second-order valence-electron chi connectivity index (χ2n) is 3.49. The zero-order valence-electron chi connectivity index (χ0n) is 9.98. The van der Waals surface area contributed by atoms with Gasteiger partial charge in [-0.25, -0.2) is 0 Å². The van der Waals surface area contributed by atoms with E-state index in [1.807, 2.05) is 6.92 Å². The maximum Gasteiger partial charge on any atom is 0.322 e. The van der Waals surface area contributed by atoms with Crippen molar-refractivity contribution in [2.45, 2.75) is 36.6 Å². The smallest absolute Gasteiger partial charge is 0.322 e. The average molecular weight is 331 g/mol. The molecule has 106 valence electrons. The second kappa shape index (κ2) is 10.2. The molecule has 18 heavy (non-hydrogen) atoms. The zero-order valence-corrected chi connectivity index (χ0v) is 13.6. The molecule has 0 aliphatic carbocycles. The lowest BCUT2D eigenvalue weighted by Crippen LogP contribution is -2.32. The third kappa shape index (κ3) is 7.06. The number of rotatable bonds is 8. The third-order valence-corrected chi connectivity index (χ3v) is 4.00. The van der Waals surface area contributed by atoms with E-state index in [2.05, 4.69) is 50.5 Å². The lowest BCUT2D eigenvalue weighted by molar-refractivity contribution is -0.187. The summed E-state index contributed by atoms with van der Waals surface area (Å²) in [5.41, 5.74) is 0. The Hall–Kier alpha value is 0.340. The summed E-state index contributed by atoms with van der Waals surface area (Å²) in [6, 6.07) is 0. The molecule has 0 spiro atoms. The predicted molar refractivity (Wildman–Crippen MR) is 84.1 cm³/mol. The minimum Gasteiger partial charge on any atom is -0.424 e. The maximum absolute atomic E-state index is 11.5. The summed E-state index contributed by atoms with van der Waals surface area (Å²) in [7, 11) is 0. The lowest BCUT2D eigenvalue weighted by atomic mass is 10.3. The molecule has 0 aromatic heterocycles. The van der Waals surface area contributed by atoms with Crippen LogP contribution in [-0.2, 0) is 19.1 Å². The standard InChI is InChI=1S/C10H18O4S4/c1-2-3-8(13-9(11)6(17)4-15)14-10(12)7(18)5-16/h6-8,15-18H,2-5H2,1H3. The predicted octanol–water partition coefficient (Wildman–Crippen LogP) is 1.66. The highest BCUT2D eigenvalue weighted by Crippen LogP contribution is 2.12. The summed E-state index contributed by atoms with van der Waals surface area (Å²) in [5, 5.41) is -1.27. The van der Waals surface area contributed by atoms with Crippen LogP contribution in [0.25, 0.3) is 0 Å². The fourth-order valence-corrected chi connectivity index (χ4v) is 1.36. The highest BCUT2D eigenvalue weighted by molar-refractivity contribution is 7.85. The van der Waals surface area contributed by atoms with Gasteiger partial charge < -0.3 is 9.47 Å². The van der Waals surface area contributed by atoms with E-state index in [1.165, 1.54) is 0 Å². The molecule has 0 radical (unpaired) electrons. The van der Waals surface area contributed by atoms with E-state index in [-0.39, 0.29) is 11.5 Å². The van der Waals surface area contributed by atoms with Gasteiger partial charge in [0, 0.05) is 17.9 Å². The van der Waals surface area contributed by atoms with E-state index in [9.17, 15) is 9.59 Å². The molecule has 4 nitrogen and oxygen atoms in total. The largest absolute Gasteiger partial charge is 0.424 e. The van der Waals surface area contributed by atoms with Gasteiger partial charge in [-0.1, -0.05) is 6.92 Å². The molecule has 0 N–H and O–H groups in total. The van der Waals surface area contributed by atoms with Crippen LogP contribution < -0.4 is 0 Å². The van der Waals surface area contributed by atoms with E-state index in [0.29, 0.717) is 12.8 Å². The Morgan fingerprint density at radius 2 is 1.39 bits per heavy atom. The van der Waals surface area contributed by atoms with E-state index < -0.39 is 28.7 Å². The lowest BCUT2D eigenvalue weighted by Gasteiger charge is -2.20. The van der Waals surface area contributed by atoms with Crippen LogP contribution in [0.4, 0.5) is 0 Å². The molecule has 2 atom stereocenters. The minimum absolute atomic E-state index is 0.251. The number of ether oxygens (including phenoxy) is 2. The van der Waals surface area contributed by atoms with Gasteiger partial charge in [-0.3, -0.25) is 9.59 Å². The van der Waals surface area contributed by atoms with Gasteiger partial charge in [-0.15, -0.1) is 0 Å². The molecule has 0 aromatic carbocycles. The van der Waals surface area contributed by atoms with Gasteiger partial charge in [0.25, 0.3) is 0 Å². The van der Waals surface area contributed by atoms with Gasteiger partial charge in [-0.2, -0.15) is 50.5 Å². The van der Waals surface area contributed by atoms with Crippen LogP contribution in [0.3, 0.4) is 0 Å². The van der Waals surface area contributed by atoms with Gasteiger partial charge in [0.15, 0.2) is 0 Å². The molecule has 0 heterocycles. The number of carbonyl (C=O) groups is 2. The molecule has 0 rings (SSSR count). The van der Waals surface area contributed by atoms with Crippen LogP contribution in [0, 0.1) is 0 Å². The molecule has 0 saturated heterocycles. The van der Waals surface area contributed by atoms with Gasteiger partial charge in [0.05, 0.1) is 0 Å². The molecular formula is C10H18O4S4. The van der Waals surface area contributed by atoms with Crippen LogP contribution in [-0.4, -0.2) is 40.2 Å². The summed E-state index contributed by atoms with van der Waals surface area (Å²) in [5.74, 6) is -0.608. The van der Waals surface area contributed by atoms with Crippen LogP contribution in [0.5, 0.6) is 0 Å². The Morgan fingerprint density at radius 3 is 1.67 bits per heavy atom. The number of carbonyl (C=O) groups excluding carboxylic acids is 2. The Bertz CT molecular complexity index is 251. The quantitative estimate of drug-likeness (QED) is 0.311. The van der Waals surface area contributed by atoms with Crippen molar-refractivity contribution in [2.24, 2.45) is 0 Å². The average Bonchev–Trinajstić information content (AvgIpc) is 2.36. The summed E-state index contributed by atoms with van der Waals surface area (Å²) in [4.78, 5) is 23.0. The monoisotopic (exact) mass is 330 g/mol. The number of hydrogen-bond donors (Lipinski definition) is 4. The van der Waals surface area contributed by atoms with Gasteiger partial charge in [-0.05, 0) is 6.42 Å². The number of thiol groups is 4. The van der Waals surface area contributed by atoms with Crippen molar-refractivity contribution in [3.05, 3.63) is 0 Å². The molecule has 8 heteroatoms. The highest BCUT2D eigenvalue weighted by atomic mass is 32.1. The molecule has 0 amide bonds. The molecule has 2 unspecified atom stereocenters. The Balaban J connectivity index is 4.39. The molecule has 0 aromatic rings. The summed E-state index contributed by atoms with van der Waals surface area (Å²) >= 11 is 15.9. The highest BCUT2D eigenvalue weighted by Gasteiger charge is 2.24. The van der Waals surface area contributed by atoms with Crippen molar-refractivity contribution in [1.29, 1.82) is 0 Å². The van der Waals surface area contributed by atoms with Gasteiger partial charge in [0.1, 0.15) is 10.5 Å². The first kappa shape index (κ1) is 18.3. The molecule has 0 fully saturated rings. The van der Waals surface area contributed by atoms with E-state index in [4.69, 9.17) is 9.47 Å². The second-order valence-corrected chi connectivity index (χ2v) is 5.47. The van der Waals surface area contributed by atoms with Crippen molar-refractivity contribution in [1.82, 2.24) is 0 Å². The fourth-order valence-electron chi connectivity index (χ4n) is 0.943. The van der Waals surface area contributed by atoms with Crippen molar-refractivity contribution >= 4 is 62.5 Å². The SMILES string of the molecule is CCCC(OC(=O)C(S)CS)OC(=O)C(S)CS.